The molecule has 0 saturated carbocycles. The van der Waals surface area contributed by atoms with Gasteiger partial charge < -0.3 is 21.1 Å². The van der Waals surface area contributed by atoms with Crippen molar-refractivity contribution in [3.8, 4) is 5.75 Å². The Labute approximate surface area is 102 Å². The summed E-state index contributed by atoms with van der Waals surface area (Å²) >= 11 is 0. The van der Waals surface area contributed by atoms with Crippen molar-refractivity contribution in [3.05, 3.63) is 23.8 Å². The maximum absolute atomic E-state index is 6.39. The molecule has 3 atom stereocenters. The van der Waals surface area contributed by atoms with Gasteiger partial charge in [-0.15, -0.1) is 0 Å². The molecule has 0 aromatic heterocycles. The van der Waals surface area contributed by atoms with Crippen LogP contribution in [0.1, 0.15) is 18.0 Å². The molecule has 4 nitrogen and oxygen atoms in total. The Morgan fingerprint density at radius 2 is 2.29 bits per heavy atom. The predicted octanol–water partition coefficient (Wildman–Crippen LogP) is 1.10. The zero-order chi connectivity index (χ0) is 11.8. The first kappa shape index (κ1) is 10.9. The first-order chi connectivity index (χ1) is 8.31. The molecule has 0 amide bonds. The fourth-order valence-corrected chi connectivity index (χ4v) is 3.01. The second-order valence-corrected chi connectivity index (χ2v) is 4.86. The highest BCUT2D eigenvalue weighted by atomic mass is 16.5. The molecule has 4 heteroatoms. The minimum absolute atomic E-state index is 0.0964. The van der Waals surface area contributed by atoms with E-state index in [4.69, 9.17) is 10.5 Å². The number of benzene rings is 1. The van der Waals surface area contributed by atoms with Gasteiger partial charge in [-0.1, -0.05) is 12.1 Å². The molecule has 0 bridgehead atoms. The molecule has 2 aliphatic heterocycles. The van der Waals surface area contributed by atoms with E-state index in [0.29, 0.717) is 12.0 Å². The second-order valence-electron chi connectivity index (χ2n) is 4.86. The van der Waals surface area contributed by atoms with Crippen molar-refractivity contribution in [3.63, 3.8) is 0 Å². The summed E-state index contributed by atoms with van der Waals surface area (Å²) in [5.41, 5.74) is 8.65. The third-order valence-corrected chi connectivity index (χ3v) is 3.96. The molecule has 3 unspecified atom stereocenters. The van der Waals surface area contributed by atoms with Crippen LogP contribution >= 0.6 is 0 Å². The largest absolute Gasteiger partial charge is 0.495 e. The number of rotatable bonds is 1. The molecule has 1 saturated heterocycles. The molecule has 17 heavy (non-hydrogen) atoms. The minimum Gasteiger partial charge on any atom is -0.495 e. The van der Waals surface area contributed by atoms with Crippen molar-refractivity contribution >= 4 is 5.69 Å². The maximum Gasteiger partial charge on any atom is 0.142 e. The molecule has 0 radical (unpaired) electrons. The molecule has 0 aliphatic carbocycles. The summed E-state index contributed by atoms with van der Waals surface area (Å²) in [6.45, 7) is 2.06. The van der Waals surface area contributed by atoms with E-state index in [2.05, 4.69) is 16.7 Å². The van der Waals surface area contributed by atoms with Gasteiger partial charge in [-0.05, 0) is 24.6 Å². The molecular formula is C13H19N3O. The number of hydrogen-bond donors (Lipinski definition) is 3. The minimum atomic E-state index is 0.0964. The van der Waals surface area contributed by atoms with Gasteiger partial charge in [0.05, 0.1) is 12.8 Å². The van der Waals surface area contributed by atoms with Crippen molar-refractivity contribution in [1.82, 2.24) is 5.32 Å². The summed E-state index contributed by atoms with van der Waals surface area (Å²) in [6.07, 6.45) is 1.12. The lowest BCUT2D eigenvalue weighted by Crippen LogP contribution is -2.51. The van der Waals surface area contributed by atoms with Crippen LogP contribution in [0.4, 0.5) is 5.69 Å². The van der Waals surface area contributed by atoms with Gasteiger partial charge >= 0.3 is 0 Å². The van der Waals surface area contributed by atoms with Crippen molar-refractivity contribution < 1.29 is 4.74 Å². The van der Waals surface area contributed by atoms with Crippen LogP contribution in [0.15, 0.2) is 18.2 Å². The quantitative estimate of drug-likeness (QED) is 0.680. The van der Waals surface area contributed by atoms with Crippen molar-refractivity contribution in [2.24, 2.45) is 11.7 Å². The number of methoxy groups -OCH3 is 1. The van der Waals surface area contributed by atoms with Gasteiger partial charge in [0.25, 0.3) is 0 Å². The van der Waals surface area contributed by atoms with Crippen LogP contribution < -0.4 is 21.1 Å². The lowest BCUT2D eigenvalue weighted by atomic mass is 9.80. The van der Waals surface area contributed by atoms with Crippen molar-refractivity contribution in [2.75, 3.05) is 25.5 Å². The molecule has 0 spiro atoms. The van der Waals surface area contributed by atoms with Crippen molar-refractivity contribution in [1.29, 1.82) is 0 Å². The van der Waals surface area contributed by atoms with E-state index in [-0.39, 0.29) is 6.04 Å². The van der Waals surface area contributed by atoms with E-state index in [1.165, 1.54) is 5.56 Å². The molecule has 3 rings (SSSR count). The number of nitrogens with one attached hydrogen (secondary N) is 2. The highest BCUT2D eigenvalue weighted by Gasteiger charge is 2.36. The molecule has 2 aliphatic rings. The zero-order valence-electron chi connectivity index (χ0n) is 10.1. The van der Waals surface area contributed by atoms with Crippen LogP contribution in [0.5, 0.6) is 5.75 Å². The summed E-state index contributed by atoms with van der Waals surface area (Å²) < 4.78 is 5.41. The lowest BCUT2D eigenvalue weighted by Gasteiger charge is -2.42. The Balaban J connectivity index is 2.02. The summed E-state index contributed by atoms with van der Waals surface area (Å²) in [6, 6.07) is 6.66. The Bertz CT molecular complexity index is 421. The Morgan fingerprint density at radius 3 is 3.12 bits per heavy atom. The van der Waals surface area contributed by atoms with Crippen LogP contribution in [0.3, 0.4) is 0 Å². The van der Waals surface area contributed by atoms with Crippen LogP contribution in [0.25, 0.3) is 0 Å². The highest BCUT2D eigenvalue weighted by molar-refractivity contribution is 5.65. The molecule has 92 valence electrons. The Morgan fingerprint density at radius 1 is 1.41 bits per heavy atom. The normalized spacial score (nSPS) is 31.1. The fraction of sp³-hybridized carbons (Fsp3) is 0.538. The molecule has 4 N–H and O–H groups in total. The van der Waals surface area contributed by atoms with Crippen LogP contribution in [0, 0.1) is 5.92 Å². The lowest BCUT2D eigenvalue weighted by molar-refractivity contribution is 0.286. The van der Waals surface area contributed by atoms with Gasteiger partial charge in [-0.25, -0.2) is 0 Å². The van der Waals surface area contributed by atoms with Crippen LogP contribution in [0.2, 0.25) is 0 Å². The van der Waals surface area contributed by atoms with Gasteiger partial charge in [-0.2, -0.15) is 0 Å². The van der Waals surface area contributed by atoms with Gasteiger partial charge in [0.1, 0.15) is 5.75 Å². The topological polar surface area (TPSA) is 59.3 Å². The second kappa shape index (κ2) is 4.20. The smallest absolute Gasteiger partial charge is 0.142 e. The molecule has 2 heterocycles. The monoisotopic (exact) mass is 233 g/mol. The van der Waals surface area contributed by atoms with E-state index >= 15 is 0 Å². The number of anilines is 1. The van der Waals surface area contributed by atoms with E-state index in [1.54, 1.807) is 7.11 Å². The molecule has 1 aromatic carbocycles. The van der Waals surface area contributed by atoms with E-state index in [9.17, 15) is 0 Å². The third-order valence-electron chi connectivity index (χ3n) is 3.96. The zero-order valence-corrected chi connectivity index (χ0v) is 10.1. The summed E-state index contributed by atoms with van der Waals surface area (Å²) in [5, 5.41) is 7.03. The van der Waals surface area contributed by atoms with E-state index < -0.39 is 0 Å². The number of ether oxygens (including phenoxy) is 1. The Kier molecular flexibility index (Phi) is 2.68. The Hall–Kier alpha value is -1.26. The van der Waals surface area contributed by atoms with Crippen LogP contribution in [-0.4, -0.2) is 26.2 Å². The number of fused-ring (bicyclic) bond motifs is 2. The average molecular weight is 233 g/mol. The van der Waals surface area contributed by atoms with Gasteiger partial charge in [0.2, 0.25) is 0 Å². The first-order valence-corrected chi connectivity index (χ1v) is 6.21. The van der Waals surface area contributed by atoms with Gasteiger partial charge in [0, 0.05) is 24.5 Å². The fourth-order valence-electron chi connectivity index (χ4n) is 3.01. The number of hydrogen-bond acceptors (Lipinski definition) is 4. The number of piperidine rings is 1. The number of para-hydroxylation sites is 1. The predicted molar refractivity (Wildman–Crippen MR) is 68.3 cm³/mol. The summed E-state index contributed by atoms with van der Waals surface area (Å²) in [5.74, 6) is 1.37. The molecular weight excluding hydrogens is 214 g/mol. The van der Waals surface area contributed by atoms with E-state index in [0.717, 1.165) is 30.9 Å². The highest BCUT2D eigenvalue weighted by Crippen LogP contribution is 2.41. The van der Waals surface area contributed by atoms with Gasteiger partial charge in [0.15, 0.2) is 0 Å². The van der Waals surface area contributed by atoms with E-state index in [1.807, 2.05) is 12.1 Å². The number of nitrogens with two attached hydrogens (primary N) is 1. The summed E-state index contributed by atoms with van der Waals surface area (Å²) in [7, 11) is 1.71. The van der Waals surface area contributed by atoms with Crippen molar-refractivity contribution in [2.45, 2.75) is 18.5 Å². The molecule has 1 aromatic rings. The SMILES string of the molecule is COc1cccc2c1NC1CCNCC1C2N. The first-order valence-electron chi connectivity index (χ1n) is 6.21. The molecule has 1 fully saturated rings. The standard InChI is InChI=1S/C13H19N3O/c1-17-11-4-2-3-8-12(14)9-7-15-6-5-10(9)16-13(8)11/h2-4,9-10,12,15-16H,5-7,14H2,1H3. The summed E-state index contributed by atoms with van der Waals surface area (Å²) in [4.78, 5) is 0. The maximum atomic E-state index is 6.39. The third kappa shape index (κ3) is 1.68. The average Bonchev–Trinajstić information content (AvgIpc) is 2.38. The van der Waals surface area contributed by atoms with Crippen LogP contribution in [-0.2, 0) is 0 Å². The van der Waals surface area contributed by atoms with Gasteiger partial charge in [-0.3, -0.25) is 0 Å².